The van der Waals surface area contributed by atoms with Gasteiger partial charge < -0.3 is 24.8 Å². The van der Waals surface area contributed by atoms with Crippen LogP contribution in [0.3, 0.4) is 0 Å². The van der Waals surface area contributed by atoms with E-state index in [0.29, 0.717) is 23.0 Å². The monoisotopic (exact) mass is 430 g/mol. The third kappa shape index (κ3) is 4.27. The van der Waals surface area contributed by atoms with Gasteiger partial charge in [-0.3, -0.25) is 0 Å². The minimum atomic E-state index is -0.295. The van der Waals surface area contributed by atoms with E-state index in [4.69, 9.17) is 16.3 Å². The van der Waals surface area contributed by atoms with Gasteiger partial charge in [0.2, 0.25) is 0 Å². The molecule has 1 aliphatic heterocycles. The standard InChI is InChI=1S/C21H23ClN4O2S/c1-25-10-7-15-16(20(29-19(15)13-25)26-8-3-4-9-26)12-23-21(27)24-17-11-14(22)5-6-18(17)28-2/h3-6,8-9,11H,7,10,12-13H2,1-2H3,(H2,23,24,27). The first-order valence-electron chi connectivity index (χ1n) is 9.39. The molecule has 0 saturated heterocycles. The van der Waals surface area contributed by atoms with E-state index in [0.717, 1.165) is 24.5 Å². The lowest BCUT2D eigenvalue weighted by molar-refractivity contribution is 0.251. The van der Waals surface area contributed by atoms with Crippen molar-refractivity contribution < 1.29 is 9.53 Å². The van der Waals surface area contributed by atoms with Crippen LogP contribution in [0.1, 0.15) is 16.0 Å². The summed E-state index contributed by atoms with van der Waals surface area (Å²) in [5.74, 6) is 0.563. The minimum Gasteiger partial charge on any atom is -0.495 e. The third-order valence-electron chi connectivity index (χ3n) is 5.01. The van der Waals surface area contributed by atoms with Gasteiger partial charge in [0.1, 0.15) is 10.8 Å². The molecule has 2 aromatic heterocycles. The molecule has 1 aromatic carbocycles. The summed E-state index contributed by atoms with van der Waals surface area (Å²) in [6, 6.07) is 8.86. The summed E-state index contributed by atoms with van der Waals surface area (Å²) in [7, 11) is 3.70. The van der Waals surface area contributed by atoms with Crippen molar-refractivity contribution in [3.63, 3.8) is 0 Å². The van der Waals surface area contributed by atoms with Gasteiger partial charge in [-0.05, 0) is 49.4 Å². The number of carbonyl (C=O) groups excluding carboxylic acids is 1. The van der Waals surface area contributed by atoms with Crippen molar-refractivity contribution in [1.29, 1.82) is 0 Å². The van der Waals surface area contributed by atoms with Gasteiger partial charge in [0.05, 0.1) is 12.8 Å². The molecule has 1 aliphatic rings. The van der Waals surface area contributed by atoms with Crippen LogP contribution in [0.25, 0.3) is 5.00 Å². The van der Waals surface area contributed by atoms with Gasteiger partial charge in [0.15, 0.2) is 0 Å². The Labute approximate surface area is 179 Å². The summed E-state index contributed by atoms with van der Waals surface area (Å²) in [4.78, 5) is 16.3. The second-order valence-corrected chi connectivity index (χ2v) is 8.54. The number of benzene rings is 1. The molecule has 3 aromatic rings. The second kappa shape index (κ2) is 8.49. The summed E-state index contributed by atoms with van der Waals surface area (Å²) < 4.78 is 7.42. The van der Waals surface area contributed by atoms with Crippen molar-refractivity contribution in [1.82, 2.24) is 14.8 Å². The van der Waals surface area contributed by atoms with Gasteiger partial charge in [-0.2, -0.15) is 0 Å². The first-order valence-corrected chi connectivity index (χ1v) is 10.6. The van der Waals surface area contributed by atoms with Crippen molar-refractivity contribution in [3.8, 4) is 10.8 Å². The van der Waals surface area contributed by atoms with Crippen LogP contribution in [0.15, 0.2) is 42.7 Å². The first-order chi connectivity index (χ1) is 14.0. The van der Waals surface area contributed by atoms with Crippen molar-refractivity contribution in [3.05, 3.63) is 63.8 Å². The van der Waals surface area contributed by atoms with Crippen molar-refractivity contribution >= 4 is 34.7 Å². The highest BCUT2D eigenvalue weighted by molar-refractivity contribution is 7.14. The molecule has 4 rings (SSSR count). The van der Waals surface area contributed by atoms with Crippen LogP contribution >= 0.6 is 22.9 Å². The molecule has 0 aliphatic carbocycles. The number of urea groups is 1. The number of rotatable bonds is 5. The highest BCUT2D eigenvalue weighted by atomic mass is 35.5. The molecular formula is C21H23ClN4O2S. The lowest BCUT2D eigenvalue weighted by Crippen LogP contribution is -2.30. The molecule has 3 heterocycles. The molecule has 2 N–H and O–H groups in total. The summed E-state index contributed by atoms with van der Waals surface area (Å²) in [6.45, 7) is 2.42. The summed E-state index contributed by atoms with van der Waals surface area (Å²) >= 11 is 7.85. The number of nitrogens with one attached hydrogen (secondary N) is 2. The number of methoxy groups -OCH3 is 1. The number of fused-ring (bicyclic) bond motifs is 1. The fourth-order valence-electron chi connectivity index (χ4n) is 3.56. The largest absolute Gasteiger partial charge is 0.495 e. The minimum absolute atomic E-state index is 0.295. The highest BCUT2D eigenvalue weighted by Gasteiger charge is 2.23. The van der Waals surface area contributed by atoms with Crippen LogP contribution in [-0.4, -0.2) is 36.2 Å². The van der Waals surface area contributed by atoms with E-state index in [1.54, 1.807) is 36.6 Å². The number of likely N-dealkylation sites (N-methyl/N-ethyl adjacent to an activating group) is 1. The van der Waals surface area contributed by atoms with Crippen LogP contribution in [0.4, 0.5) is 10.5 Å². The quantitative estimate of drug-likeness (QED) is 0.626. The molecule has 0 atom stereocenters. The number of thiophene rings is 1. The molecule has 0 radical (unpaired) electrons. The van der Waals surface area contributed by atoms with Crippen LogP contribution in [0, 0.1) is 0 Å². The lowest BCUT2D eigenvalue weighted by atomic mass is 10.0. The van der Waals surface area contributed by atoms with Crippen molar-refractivity contribution in [2.45, 2.75) is 19.5 Å². The maximum absolute atomic E-state index is 12.6. The van der Waals surface area contributed by atoms with E-state index in [1.807, 2.05) is 24.5 Å². The van der Waals surface area contributed by atoms with E-state index >= 15 is 0 Å². The van der Waals surface area contributed by atoms with E-state index in [-0.39, 0.29) is 6.03 Å². The SMILES string of the molecule is COc1ccc(Cl)cc1NC(=O)NCc1c(-n2cccc2)sc2c1CCN(C)C2. The fraction of sp³-hybridized carbons (Fsp3) is 0.286. The maximum Gasteiger partial charge on any atom is 0.319 e. The average molecular weight is 431 g/mol. The molecular weight excluding hydrogens is 408 g/mol. The number of aromatic nitrogens is 1. The highest BCUT2D eigenvalue weighted by Crippen LogP contribution is 2.35. The Morgan fingerprint density at radius 2 is 2.10 bits per heavy atom. The van der Waals surface area contributed by atoms with E-state index in [2.05, 4.69) is 27.1 Å². The number of ether oxygens (including phenoxy) is 1. The third-order valence-corrected chi connectivity index (χ3v) is 6.52. The first kappa shape index (κ1) is 19.8. The predicted octanol–water partition coefficient (Wildman–Crippen LogP) is 4.51. The van der Waals surface area contributed by atoms with Gasteiger partial charge in [-0.25, -0.2) is 4.79 Å². The Morgan fingerprint density at radius 1 is 1.31 bits per heavy atom. The normalized spacial score (nSPS) is 13.8. The Morgan fingerprint density at radius 3 is 2.86 bits per heavy atom. The molecule has 8 heteroatoms. The molecule has 0 saturated carbocycles. The summed E-state index contributed by atoms with van der Waals surface area (Å²) in [5, 5.41) is 7.53. The molecule has 0 unspecified atom stereocenters. The smallest absolute Gasteiger partial charge is 0.319 e. The zero-order valence-electron chi connectivity index (χ0n) is 16.4. The van der Waals surface area contributed by atoms with E-state index in [9.17, 15) is 4.79 Å². The average Bonchev–Trinajstić information content (AvgIpc) is 3.34. The van der Waals surface area contributed by atoms with E-state index in [1.165, 1.54) is 16.0 Å². The topological polar surface area (TPSA) is 58.5 Å². The van der Waals surface area contributed by atoms with Gasteiger partial charge in [-0.15, -0.1) is 11.3 Å². The molecule has 0 spiro atoms. The van der Waals surface area contributed by atoms with Gasteiger partial charge in [-0.1, -0.05) is 11.6 Å². The number of anilines is 1. The van der Waals surface area contributed by atoms with Crippen molar-refractivity contribution in [2.24, 2.45) is 0 Å². The lowest BCUT2D eigenvalue weighted by Gasteiger charge is -2.22. The van der Waals surface area contributed by atoms with Crippen molar-refractivity contribution in [2.75, 3.05) is 26.0 Å². The molecule has 0 fully saturated rings. The maximum atomic E-state index is 12.6. The van der Waals surface area contributed by atoms with Gasteiger partial charge in [0.25, 0.3) is 0 Å². The number of amides is 2. The predicted molar refractivity (Wildman–Crippen MR) is 118 cm³/mol. The summed E-state index contributed by atoms with van der Waals surface area (Å²) in [5.41, 5.74) is 3.08. The zero-order chi connectivity index (χ0) is 20.4. The Hall–Kier alpha value is -2.48. The molecule has 0 bridgehead atoms. The van der Waals surface area contributed by atoms with Gasteiger partial charge >= 0.3 is 6.03 Å². The number of carbonyl (C=O) groups is 1. The van der Waals surface area contributed by atoms with Crippen LogP contribution in [0.5, 0.6) is 5.75 Å². The van der Waals surface area contributed by atoms with Crippen LogP contribution in [-0.2, 0) is 19.5 Å². The Balaban J connectivity index is 1.54. The Kier molecular flexibility index (Phi) is 5.80. The number of halogens is 1. The summed E-state index contributed by atoms with van der Waals surface area (Å²) in [6.07, 6.45) is 5.08. The van der Waals surface area contributed by atoms with Crippen LogP contribution < -0.4 is 15.4 Å². The number of hydrogen-bond donors (Lipinski definition) is 2. The second-order valence-electron chi connectivity index (χ2n) is 7.02. The molecule has 6 nitrogen and oxygen atoms in total. The molecule has 2 amide bonds. The van der Waals surface area contributed by atoms with Gasteiger partial charge in [0, 0.05) is 47.5 Å². The number of nitrogens with zero attached hydrogens (tertiary/aromatic N) is 2. The van der Waals surface area contributed by atoms with E-state index < -0.39 is 0 Å². The van der Waals surface area contributed by atoms with Crippen LogP contribution in [0.2, 0.25) is 5.02 Å². The fourth-order valence-corrected chi connectivity index (χ4v) is 5.14. The molecule has 152 valence electrons. The zero-order valence-corrected chi connectivity index (χ0v) is 17.9. The molecule has 29 heavy (non-hydrogen) atoms. The Bertz CT molecular complexity index is 1020. The number of hydrogen-bond acceptors (Lipinski definition) is 4.